The molecule has 0 aliphatic heterocycles. The molecule has 0 bridgehead atoms. The number of aryl methyl sites for hydroxylation is 1. The van der Waals surface area contributed by atoms with Gasteiger partial charge in [0.15, 0.2) is 11.5 Å². The summed E-state index contributed by atoms with van der Waals surface area (Å²) in [6, 6.07) is 10.3. The van der Waals surface area contributed by atoms with E-state index < -0.39 is 15.6 Å². The second kappa shape index (κ2) is 6.18. The second-order valence-electron chi connectivity index (χ2n) is 4.90. The zero-order chi connectivity index (χ0) is 15.5. The van der Waals surface area contributed by atoms with Gasteiger partial charge in [0.25, 0.3) is 0 Å². The van der Waals surface area contributed by atoms with Gasteiger partial charge in [-0.2, -0.15) is 0 Å². The number of unbranched alkanes of at least 4 members (excludes halogenated alkanes) is 1. The molecule has 0 heterocycles. The monoisotopic (exact) mass is 306 g/mol. The van der Waals surface area contributed by atoms with Gasteiger partial charge in [0.1, 0.15) is 0 Å². The van der Waals surface area contributed by atoms with Crippen molar-refractivity contribution in [3.63, 3.8) is 0 Å². The Labute approximate surface area is 124 Å². The summed E-state index contributed by atoms with van der Waals surface area (Å²) in [6.45, 7) is 2.11. The van der Waals surface area contributed by atoms with Crippen molar-refractivity contribution in [3.05, 3.63) is 48.0 Å². The zero-order valence-corrected chi connectivity index (χ0v) is 12.6. The average Bonchev–Trinajstić information content (AvgIpc) is 2.48. The summed E-state index contributed by atoms with van der Waals surface area (Å²) >= 11 is 0. The highest BCUT2D eigenvalue weighted by Gasteiger charge is 2.18. The van der Waals surface area contributed by atoms with Gasteiger partial charge >= 0.3 is 0 Å². The first-order valence-electron chi connectivity index (χ1n) is 6.81. The predicted octanol–water partition coefficient (Wildman–Crippen LogP) is 3.27. The van der Waals surface area contributed by atoms with Crippen LogP contribution in [0.15, 0.2) is 52.3 Å². The van der Waals surface area contributed by atoms with Crippen molar-refractivity contribution in [3.8, 4) is 11.5 Å². The van der Waals surface area contributed by atoms with Crippen LogP contribution in [0.5, 0.6) is 11.5 Å². The van der Waals surface area contributed by atoms with E-state index >= 15 is 0 Å². The SMILES string of the molecule is CCCCc1ccc(S(=O)(=O)c2ccc(O)c(O)c2)cc1. The zero-order valence-electron chi connectivity index (χ0n) is 11.8. The molecule has 0 amide bonds. The molecule has 0 aromatic heterocycles. The van der Waals surface area contributed by atoms with Crippen molar-refractivity contribution in [1.82, 2.24) is 0 Å². The molecule has 112 valence electrons. The number of sulfone groups is 1. The first kappa shape index (κ1) is 15.4. The fraction of sp³-hybridized carbons (Fsp3) is 0.250. The summed E-state index contributed by atoms with van der Waals surface area (Å²) in [7, 11) is -3.69. The smallest absolute Gasteiger partial charge is 0.206 e. The Balaban J connectivity index is 2.32. The molecule has 0 spiro atoms. The van der Waals surface area contributed by atoms with Gasteiger partial charge in [-0.05, 0) is 42.7 Å². The maximum Gasteiger partial charge on any atom is 0.206 e. The number of hydrogen-bond donors (Lipinski definition) is 2. The van der Waals surface area contributed by atoms with Crippen LogP contribution < -0.4 is 0 Å². The van der Waals surface area contributed by atoms with Crippen LogP contribution in [0.25, 0.3) is 0 Å². The summed E-state index contributed by atoms with van der Waals surface area (Å²) < 4.78 is 24.9. The molecule has 5 heteroatoms. The third kappa shape index (κ3) is 3.36. The highest BCUT2D eigenvalue weighted by molar-refractivity contribution is 7.91. The molecule has 2 aromatic rings. The van der Waals surface area contributed by atoms with E-state index in [0.717, 1.165) is 37.0 Å². The van der Waals surface area contributed by atoms with Crippen molar-refractivity contribution in [2.45, 2.75) is 36.0 Å². The third-order valence-electron chi connectivity index (χ3n) is 3.31. The molecule has 0 aliphatic carbocycles. The van der Waals surface area contributed by atoms with E-state index in [1.807, 2.05) is 12.1 Å². The van der Waals surface area contributed by atoms with Gasteiger partial charge in [0.05, 0.1) is 9.79 Å². The first-order valence-corrected chi connectivity index (χ1v) is 8.29. The van der Waals surface area contributed by atoms with Crippen LogP contribution in [-0.2, 0) is 16.3 Å². The summed E-state index contributed by atoms with van der Waals surface area (Å²) in [4.78, 5) is 0.131. The molecule has 0 saturated heterocycles. The number of phenols is 2. The van der Waals surface area contributed by atoms with Crippen molar-refractivity contribution < 1.29 is 18.6 Å². The Kier molecular flexibility index (Phi) is 4.53. The van der Waals surface area contributed by atoms with Gasteiger partial charge < -0.3 is 10.2 Å². The summed E-state index contributed by atoms with van der Waals surface area (Å²) in [5.41, 5.74) is 1.10. The van der Waals surface area contributed by atoms with E-state index in [0.29, 0.717) is 0 Å². The largest absolute Gasteiger partial charge is 0.504 e. The number of hydrogen-bond acceptors (Lipinski definition) is 4. The van der Waals surface area contributed by atoms with Gasteiger partial charge in [-0.1, -0.05) is 25.5 Å². The van der Waals surface area contributed by atoms with Crippen LogP contribution in [0.1, 0.15) is 25.3 Å². The molecule has 21 heavy (non-hydrogen) atoms. The van der Waals surface area contributed by atoms with Gasteiger partial charge in [-0.3, -0.25) is 0 Å². The van der Waals surface area contributed by atoms with Crippen LogP contribution >= 0.6 is 0 Å². The van der Waals surface area contributed by atoms with Crippen molar-refractivity contribution in [2.75, 3.05) is 0 Å². The van der Waals surface area contributed by atoms with Gasteiger partial charge in [-0.15, -0.1) is 0 Å². The molecule has 0 atom stereocenters. The Bertz CT molecular complexity index is 718. The quantitative estimate of drug-likeness (QED) is 0.831. The van der Waals surface area contributed by atoms with Gasteiger partial charge in [0.2, 0.25) is 9.84 Å². The number of rotatable bonds is 5. The highest BCUT2D eigenvalue weighted by Crippen LogP contribution is 2.30. The van der Waals surface area contributed by atoms with Crippen LogP contribution in [0.2, 0.25) is 0 Å². The van der Waals surface area contributed by atoms with E-state index in [1.165, 1.54) is 6.07 Å². The molecule has 0 aliphatic rings. The van der Waals surface area contributed by atoms with Gasteiger partial charge in [0, 0.05) is 6.07 Å². The first-order chi connectivity index (χ1) is 9.95. The van der Waals surface area contributed by atoms with Gasteiger partial charge in [-0.25, -0.2) is 8.42 Å². The van der Waals surface area contributed by atoms with Crippen LogP contribution in [0.3, 0.4) is 0 Å². The minimum atomic E-state index is -3.69. The lowest BCUT2D eigenvalue weighted by molar-refractivity contribution is 0.402. The molecule has 0 unspecified atom stereocenters. The van der Waals surface area contributed by atoms with Crippen LogP contribution in [0.4, 0.5) is 0 Å². The van der Waals surface area contributed by atoms with E-state index in [9.17, 15) is 18.6 Å². The predicted molar refractivity (Wildman–Crippen MR) is 80.3 cm³/mol. The number of aromatic hydroxyl groups is 2. The lowest BCUT2D eigenvalue weighted by Gasteiger charge is -2.07. The molecule has 0 radical (unpaired) electrons. The molecular weight excluding hydrogens is 288 g/mol. The summed E-state index contributed by atoms with van der Waals surface area (Å²) in [5, 5.41) is 18.7. The lowest BCUT2D eigenvalue weighted by Crippen LogP contribution is -2.02. The average molecular weight is 306 g/mol. The minimum Gasteiger partial charge on any atom is -0.504 e. The van der Waals surface area contributed by atoms with E-state index in [4.69, 9.17) is 0 Å². The molecule has 2 rings (SSSR count). The Morgan fingerprint density at radius 3 is 2.10 bits per heavy atom. The minimum absolute atomic E-state index is 0.0425. The molecule has 4 nitrogen and oxygen atoms in total. The molecule has 0 saturated carbocycles. The van der Waals surface area contributed by atoms with Crippen LogP contribution in [0, 0.1) is 0 Å². The second-order valence-corrected chi connectivity index (χ2v) is 6.85. The Morgan fingerprint density at radius 2 is 1.52 bits per heavy atom. The molecule has 2 N–H and O–H groups in total. The van der Waals surface area contributed by atoms with E-state index in [-0.39, 0.29) is 15.5 Å². The van der Waals surface area contributed by atoms with E-state index in [1.54, 1.807) is 12.1 Å². The fourth-order valence-electron chi connectivity index (χ4n) is 2.02. The van der Waals surface area contributed by atoms with Crippen LogP contribution in [-0.4, -0.2) is 18.6 Å². The summed E-state index contributed by atoms with van der Waals surface area (Å²) in [5.74, 6) is -0.792. The third-order valence-corrected chi connectivity index (χ3v) is 5.08. The lowest BCUT2D eigenvalue weighted by atomic mass is 10.1. The molecular formula is C16H18O4S. The van der Waals surface area contributed by atoms with Crippen molar-refractivity contribution in [2.24, 2.45) is 0 Å². The fourth-order valence-corrected chi connectivity index (χ4v) is 3.30. The normalized spacial score (nSPS) is 11.5. The van der Waals surface area contributed by atoms with Crippen molar-refractivity contribution >= 4 is 9.84 Å². The number of phenolic OH excluding ortho intramolecular Hbond substituents is 2. The Hall–Kier alpha value is -2.01. The Morgan fingerprint density at radius 1 is 0.905 bits per heavy atom. The molecule has 0 fully saturated rings. The van der Waals surface area contributed by atoms with Crippen molar-refractivity contribution in [1.29, 1.82) is 0 Å². The standard InChI is InChI=1S/C16H18O4S/c1-2-3-4-12-5-7-13(8-6-12)21(19,20)14-9-10-15(17)16(18)11-14/h5-11,17-18H,2-4H2,1H3. The van der Waals surface area contributed by atoms with E-state index in [2.05, 4.69) is 6.92 Å². The highest BCUT2D eigenvalue weighted by atomic mass is 32.2. The maximum atomic E-state index is 12.4. The topological polar surface area (TPSA) is 74.6 Å². The number of benzene rings is 2. The maximum absolute atomic E-state index is 12.4. The summed E-state index contributed by atoms with van der Waals surface area (Å²) in [6.07, 6.45) is 3.08. The molecule has 2 aromatic carbocycles.